The molecule has 0 saturated carbocycles. The summed E-state index contributed by atoms with van der Waals surface area (Å²) in [6.07, 6.45) is 3.44. The van der Waals surface area contributed by atoms with Crippen molar-refractivity contribution in [3.05, 3.63) is 29.3 Å². The van der Waals surface area contributed by atoms with E-state index in [-0.39, 0.29) is 24.1 Å². The van der Waals surface area contributed by atoms with Gasteiger partial charge in [-0.3, -0.25) is 4.79 Å². The first-order valence-electron chi connectivity index (χ1n) is 8.24. The Morgan fingerprint density at radius 2 is 1.95 bits per heavy atom. The second-order valence-electron chi connectivity index (χ2n) is 6.83. The maximum absolute atomic E-state index is 12.8. The lowest BCUT2D eigenvalue weighted by atomic mass is 9.92. The van der Waals surface area contributed by atoms with Gasteiger partial charge in [-0.2, -0.15) is 0 Å². The number of carbonyl (C=O) groups is 1. The maximum Gasteiger partial charge on any atom is 0.175 e. The second-order valence-corrected chi connectivity index (χ2v) is 6.83. The van der Waals surface area contributed by atoms with E-state index < -0.39 is 0 Å². The molecule has 1 unspecified atom stereocenters. The Bertz CT molecular complexity index is 524. The number of ether oxygens (including phenoxy) is 1. The number of piperidine rings is 1. The zero-order valence-corrected chi connectivity index (χ0v) is 14.3. The molecule has 3 nitrogen and oxygen atoms in total. The summed E-state index contributed by atoms with van der Waals surface area (Å²) in [6.45, 7) is 8.43. The van der Waals surface area contributed by atoms with Gasteiger partial charge < -0.3 is 22.0 Å². The van der Waals surface area contributed by atoms with Gasteiger partial charge in [0.1, 0.15) is 5.75 Å². The Morgan fingerprint density at radius 3 is 2.68 bits per heavy atom. The van der Waals surface area contributed by atoms with Crippen LogP contribution in [0, 0.1) is 18.8 Å². The molecule has 2 heterocycles. The van der Waals surface area contributed by atoms with Crippen LogP contribution < -0.4 is 22.0 Å². The minimum Gasteiger partial charge on any atom is -1.00 e. The molecule has 0 aromatic heterocycles. The Labute approximate surface area is 139 Å². The number of halogens is 1. The highest BCUT2D eigenvalue weighted by molar-refractivity contribution is 6.00. The van der Waals surface area contributed by atoms with Crippen LogP contribution in [-0.4, -0.2) is 32.0 Å². The fraction of sp³-hybridized carbons (Fsp3) is 0.611. The molecule has 0 radical (unpaired) electrons. The number of carbonyl (C=O) groups excluding carboxylic acids is 1. The number of rotatable bonds is 2. The molecule has 3 rings (SSSR count). The molecule has 4 heteroatoms. The van der Waals surface area contributed by atoms with Crippen molar-refractivity contribution in [3.8, 4) is 5.75 Å². The summed E-state index contributed by atoms with van der Waals surface area (Å²) in [5.41, 5.74) is 1.92. The van der Waals surface area contributed by atoms with E-state index in [1.54, 1.807) is 4.90 Å². The highest BCUT2D eigenvalue weighted by Crippen LogP contribution is 2.27. The van der Waals surface area contributed by atoms with Crippen LogP contribution in [0.1, 0.15) is 42.1 Å². The second kappa shape index (κ2) is 7.47. The Kier molecular flexibility index (Phi) is 5.87. The number of hydrogen-bond acceptors (Lipinski definition) is 2. The number of likely N-dealkylation sites (tertiary alicyclic amines) is 1. The topological polar surface area (TPSA) is 30.7 Å². The van der Waals surface area contributed by atoms with Crippen molar-refractivity contribution in [2.45, 2.75) is 33.1 Å². The van der Waals surface area contributed by atoms with E-state index in [0.29, 0.717) is 6.61 Å². The zero-order chi connectivity index (χ0) is 14.8. The van der Waals surface area contributed by atoms with E-state index in [2.05, 4.69) is 6.92 Å². The SMILES string of the molecule is Cc1ccc2c(c1)C(=O)C(C[NH+]1CCC(C)CC1)CCO2.[Cl-]. The van der Waals surface area contributed by atoms with Crippen molar-refractivity contribution in [1.82, 2.24) is 0 Å². The minimum absolute atomic E-state index is 0. The number of nitrogens with one attached hydrogen (secondary N) is 1. The highest BCUT2D eigenvalue weighted by Gasteiger charge is 2.31. The van der Waals surface area contributed by atoms with Crippen molar-refractivity contribution in [1.29, 1.82) is 0 Å². The first-order chi connectivity index (χ1) is 10.1. The molecule has 1 saturated heterocycles. The third-order valence-corrected chi connectivity index (χ3v) is 5.01. The van der Waals surface area contributed by atoms with Gasteiger partial charge in [0, 0.05) is 0 Å². The monoisotopic (exact) mass is 323 g/mol. The summed E-state index contributed by atoms with van der Waals surface area (Å²) in [4.78, 5) is 14.4. The number of benzene rings is 1. The van der Waals surface area contributed by atoms with E-state index in [9.17, 15) is 4.79 Å². The number of Topliss-reactive ketones (excluding diaryl/α,β-unsaturated/α-hetero) is 1. The predicted octanol–water partition coefficient (Wildman–Crippen LogP) is -1.10. The molecule has 1 aromatic carbocycles. The lowest BCUT2D eigenvalue weighted by Gasteiger charge is -2.29. The molecular weight excluding hydrogens is 298 g/mol. The molecular formula is C18H26ClNO2. The van der Waals surface area contributed by atoms with Crippen molar-refractivity contribution in [2.75, 3.05) is 26.2 Å². The maximum atomic E-state index is 12.8. The van der Waals surface area contributed by atoms with Gasteiger partial charge in [0.25, 0.3) is 0 Å². The Balaban J connectivity index is 0.00000176. The van der Waals surface area contributed by atoms with E-state index in [1.807, 2.05) is 25.1 Å². The Morgan fingerprint density at radius 1 is 1.23 bits per heavy atom. The highest BCUT2D eigenvalue weighted by atomic mass is 35.5. The van der Waals surface area contributed by atoms with Gasteiger partial charge in [-0.1, -0.05) is 18.6 Å². The van der Waals surface area contributed by atoms with Gasteiger partial charge in [-0.15, -0.1) is 0 Å². The first-order valence-corrected chi connectivity index (χ1v) is 8.24. The van der Waals surface area contributed by atoms with Crippen LogP contribution in [0.15, 0.2) is 18.2 Å². The van der Waals surface area contributed by atoms with E-state index in [0.717, 1.165) is 35.8 Å². The van der Waals surface area contributed by atoms with Crippen molar-refractivity contribution in [3.63, 3.8) is 0 Å². The van der Waals surface area contributed by atoms with E-state index >= 15 is 0 Å². The van der Waals surface area contributed by atoms with Crippen LogP contribution in [0.4, 0.5) is 0 Å². The lowest BCUT2D eigenvalue weighted by Crippen LogP contribution is -3.13. The van der Waals surface area contributed by atoms with Gasteiger partial charge in [-0.25, -0.2) is 0 Å². The van der Waals surface area contributed by atoms with Crippen molar-refractivity contribution in [2.24, 2.45) is 11.8 Å². The van der Waals surface area contributed by atoms with Crippen LogP contribution in [0.25, 0.3) is 0 Å². The van der Waals surface area contributed by atoms with E-state index in [1.165, 1.54) is 25.9 Å². The molecule has 1 aromatic rings. The average Bonchev–Trinajstić information content (AvgIpc) is 2.62. The summed E-state index contributed by atoms with van der Waals surface area (Å²) in [7, 11) is 0. The van der Waals surface area contributed by atoms with Crippen LogP contribution in [0.3, 0.4) is 0 Å². The summed E-state index contributed by atoms with van der Waals surface area (Å²) < 4.78 is 5.78. The molecule has 122 valence electrons. The molecule has 1 fully saturated rings. The Hall–Kier alpha value is -1.06. The predicted molar refractivity (Wildman–Crippen MR) is 83.1 cm³/mol. The van der Waals surface area contributed by atoms with Crippen LogP contribution in [0.2, 0.25) is 0 Å². The van der Waals surface area contributed by atoms with Gasteiger partial charge >= 0.3 is 0 Å². The summed E-state index contributed by atoms with van der Waals surface area (Å²) in [6, 6.07) is 5.95. The van der Waals surface area contributed by atoms with Crippen molar-refractivity contribution >= 4 is 5.78 Å². The van der Waals surface area contributed by atoms with Gasteiger partial charge in [0.05, 0.1) is 37.7 Å². The van der Waals surface area contributed by atoms with Crippen LogP contribution in [-0.2, 0) is 0 Å². The average molecular weight is 324 g/mol. The van der Waals surface area contributed by atoms with Gasteiger partial charge in [-0.05, 0) is 44.2 Å². The van der Waals surface area contributed by atoms with Gasteiger partial charge in [0.2, 0.25) is 0 Å². The largest absolute Gasteiger partial charge is 1.00 e. The fourth-order valence-electron chi connectivity index (χ4n) is 3.54. The standard InChI is InChI=1S/C18H25NO2.ClH/c1-13-5-8-19(9-6-13)12-15-7-10-21-17-4-3-14(2)11-16(17)18(15)20;/h3-4,11,13,15H,5-10,12H2,1-2H3;1H. The first kappa shape index (κ1) is 17.3. The molecule has 1 atom stereocenters. The molecule has 0 spiro atoms. The summed E-state index contributed by atoms with van der Waals surface area (Å²) in [5.74, 6) is 2.04. The molecule has 0 amide bonds. The molecule has 0 bridgehead atoms. The molecule has 2 aliphatic heterocycles. The fourth-order valence-corrected chi connectivity index (χ4v) is 3.54. The summed E-state index contributed by atoms with van der Waals surface area (Å²) >= 11 is 0. The number of aryl methyl sites for hydroxylation is 1. The number of fused-ring (bicyclic) bond motifs is 1. The van der Waals surface area contributed by atoms with E-state index in [4.69, 9.17) is 4.74 Å². The molecule has 0 aliphatic carbocycles. The summed E-state index contributed by atoms with van der Waals surface area (Å²) in [5, 5.41) is 0. The van der Waals surface area contributed by atoms with Crippen molar-refractivity contribution < 1.29 is 26.8 Å². The van der Waals surface area contributed by atoms with Crippen LogP contribution >= 0.6 is 0 Å². The lowest BCUT2D eigenvalue weighted by molar-refractivity contribution is -0.908. The van der Waals surface area contributed by atoms with Crippen LogP contribution in [0.5, 0.6) is 5.75 Å². The molecule has 2 aliphatic rings. The van der Waals surface area contributed by atoms with Gasteiger partial charge in [0.15, 0.2) is 5.78 Å². The number of quaternary nitrogens is 1. The normalized spacial score (nSPS) is 28.1. The zero-order valence-electron chi connectivity index (χ0n) is 13.5. The quantitative estimate of drug-likeness (QED) is 0.749. The third-order valence-electron chi connectivity index (χ3n) is 5.01. The third kappa shape index (κ3) is 3.82. The molecule has 1 N–H and O–H groups in total. The minimum atomic E-state index is 0. The molecule has 22 heavy (non-hydrogen) atoms. The smallest absolute Gasteiger partial charge is 0.175 e. The number of hydrogen-bond donors (Lipinski definition) is 1. The number of ketones is 1.